The second-order valence-corrected chi connectivity index (χ2v) is 9.80. The number of pyridine rings is 1. The predicted octanol–water partition coefficient (Wildman–Crippen LogP) is 4.59. The van der Waals surface area contributed by atoms with Gasteiger partial charge in [0.15, 0.2) is 5.65 Å². The molecule has 5 heterocycles. The van der Waals surface area contributed by atoms with Crippen LogP contribution in [0.4, 0.5) is 22.2 Å². The fraction of sp³-hybridized carbons (Fsp3) is 0.292. The number of hydrogen-bond donors (Lipinski definition) is 3. The average molecular weight is 472 g/mol. The van der Waals surface area contributed by atoms with E-state index in [1.54, 1.807) is 12.3 Å². The molecule has 5 aromatic heterocycles. The summed E-state index contributed by atoms with van der Waals surface area (Å²) in [6, 6.07) is 5.43. The van der Waals surface area contributed by atoms with Crippen LogP contribution < -0.4 is 16.4 Å². The van der Waals surface area contributed by atoms with Crippen LogP contribution in [0, 0.1) is 0 Å². The maximum absolute atomic E-state index is 12.7. The standard InChI is InChI=1S/C24H25N9O2/c1-24(2,3)17-10-18(35-31-17)30-23(34)29-15-6-7-16(32-9-8-26-21(15)32)14-11-33(13-4-5-13)22-19(14)20(25)27-12-28-22/h6-13H,4-5H2,1-3H3,(H2,25,27,28)(H2,29,30,34). The van der Waals surface area contributed by atoms with Gasteiger partial charge >= 0.3 is 6.03 Å². The smallest absolute Gasteiger partial charge is 0.326 e. The number of hydrogen-bond acceptors (Lipinski definition) is 7. The van der Waals surface area contributed by atoms with Crippen molar-refractivity contribution in [3.05, 3.63) is 48.8 Å². The molecule has 35 heavy (non-hydrogen) atoms. The molecule has 178 valence electrons. The van der Waals surface area contributed by atoms with Crippen molar-refractivity contribution in [3.63, 3.8) is 0 Å². The summed E-state index contributed by atoms with van der Waals surface area (Å²) in [5.41, 5.74) is 10.6. The molecule has 0 saturated heterocycles. The molecule has 2 amide bonds. The Morgan fingerprint density at radius 3 is 2.71 bits per heavy atom. The van der Waals surface area contributed by atoms with Crippen LogP contribution in [0.25, 0.3) is 27.9 Å². The summed E-state index contributed by atoms with van der Waals surface area (Å²) in [6.45, 7) is 6.06. The number of nitrogens with two attached hydrogens (primary N) is 1. The number of carbonyl (C=O) groups is 1. The van der Waals surface area contributed by atoms with Gasteiger partial charge in [0.25, 0.3) is 0 Å². The van der Waals surface area contributed by atoms with Gasteiger partial charge in [-0.05, 0) is 25.0 Å². The van der Waals surface area contributed by atoms with Crippen molar-refractivity contribution in [3.8, 4) is 11.3 Å². The molecule has 1 aliphatic carbocycles. The number of carbonyl (C=O) groups excluding carboxylic acids is 1. The van der Waals surface area contributed by atoms with E-state index in [0.29, 0.717) is 23.2 Å². The highest BCUT2D eigenvalue weighted by atomic mass is 16.5. The van der Waals surface area contributed by atoms with Gasteiger partial charge in [-0.3, -0.25) is 9.72 Å². The van der Waals surface area contributed by atoms with E-state index < -0.39 is 6.03 Å². The SMILES string of the molecule is CC(C)(C)c1cc(NC(=O)Nc2ccc(-c3cn(C4CC4)c4ncnc(N)c34)n3ccnc23)on1. The maximum atomic E-state index is 12.7. The third-order valence-electron chi connectivity index (χ3n) is 6.17. The molecule has 6 rings (SSSR count). The van der Waals surface area contributed by atoms with E-state index in [1.807, 2.05) is 43.5 Å². The molecule has 0 bridgehead atoms. The number of fused-ring (bicyclic) bond motifs is 2. The molecule has 5 aromatic rings. The number of imidazole rings is 1. The lowest BCUT2D eigenvalue weighted by Crippen LogP contribution is -2.19. The number of nitrogens with one attached hydrogen (secondary N) is 2. The minimum Gasteiger partial charge on any atom is -0.383 e. The zero-order valence-electron chi connectivity index (χ0n) is 19.6. The fourth-order valence-corrected chi connectivity index (χ4v) is 4.22. The highest BCUT2D eigenvalue weighted by Gasteiger charge is 2.28. The van der Waals surface area contributed by atoms with Crippen molar-refractivity contribution < 1.29 is 9.32 Å². The van der Waals surface area contributed by atoms with Crippen molar-refractivity contribution in [1.29, 1.82) is 0 Å². The Morgan fingerprint density at radius 1 is 1.14 bits per heavy atom. The summed E-state index contributed by atoms with van der Waals surface area (Å²) in [7, 11) is 0. The number of anilines is 3. The minimum absolute atomic E-state index is 0.186. The first-order valence-electron chi connectivity index (χ1n) is 11.4. The van der Waals surface area contributed by atoms with E-state index in [2.05, 4.69) is 41.5 Å². The summed E-state index contributed by atoms with van der Waals surface area (Å²) in [5, 5.41) is 10.4. The number of urea groups is 1. The van der Waals surface area contributed by atoms with E-state index in [1.165, 1.54) is 6.33 Å². The molecule has 0 atom stereocenters. The van der Waals surface area contributed by atoms with E-state index in [-0.39, 0.29) is 11.3 Å². The van der Waals surface area contributed by atoms with Gasteiger partial charge in [-0.15, -0.1) is 0 Å². The normalized spacial score (nSPS) is 14.0. The lowest BCUT2D eigenvalue weighted by Gasteiger charge is -2.12. The van der Waals surface area contributed by atoms with E-state index in [4.69, 9.17) is 10.3 Å². The summed E-state index contributed by atoms with van der Waals surface area (Å²) in [5.74, 6) is 0.702. The van der Waals surface area contributed by atoms with Gasteiger partial charge in [0.1, 0.15) is 17.8 Å². The Hall–Kier alpha value is -4.41. The quantitative estimate of drug-likeness (QED) is 0.348. The number of amides is 2. The van der Waals surface area contributed by atoms with Gasteiger partial charge < -0.3 is 20.1 Å². The van der Waals surface area contributed by atoms with Crippen molar-refractivity contribution in [1.82, 2.24) is 29.1 Å². The molecule has 0 radical (unpaired) electrons. The Morgan fingerprint density at radius 2 is 1.97 bits per heavy atom. The molecule has 1 fully saturated rings. The summed E-state index contributed by atoms with van der Waals surface area (Å²) >= 11 is 0. The molecule has 0 aliphatic heterocycles. The Labute approximate surface area is 200 Å². The van der Waals surface area contributed by atoms with Crippen LogP contribution in [0.1, 0.15) is 45.3 Å². The van der Waals surface area contributed by atoms with E-state index in [0.717, 1.165) is 40.8 Å². The molecule has 1 saturated carbocycles. The van der Waals surface area contributed by atoms with Gasteiger partial charge in [0.2, 0.25) is 5.88 Å². The Balaban J connectivity index is 1.34. The maximum Gasteiger partial charge on any atom is 0.326 e. The molecular weight excluding hydrogens is 446 g/mol. The number of aromatic nitrogens is 6. The molecule has 11 heteroatoms. The summed E-state index contributed by atoms with van der Waals surface area (Å²) in [6.07, 6.45) is 9.35. The molecule has 1 aliphatic rings. The highest BCUT2D eigenvalue weighted by molar-refractivity contribution is 6.03. The van der Waals surface area contributed by atoms with Gasteiger partial charge in [-0.25, -0.2) is 19.7 Å². The van der Waals surface area contributed by atoms with E-state index in [9.17, 15) is 4.79 Å². The van der Waals surface area contributed by atoms with Crippen molar-refractivity contribution in [2.75, 3.05) is 16.4 Å². The minimum atomic E-state index is -0.456. The Bertz CT molecular complexity index is 1580. The second kappa shape index (κ2) is 7.55. The number of rotatable bonds is 4. The first-order chi connectivity index (χ1) is 16.8. The first-order valence-corrected chi connectivity index (χ1v) is 11.4. The lowest BCUT2D eigenvalue weighted by molar-refractivity contribution is 0.261. The molecule has 4 N–H and O–H groups in total. The number of nitrogen functional groups attached to an aromatic ring is 1. The molecule has 0 spiro atoms. The molecular formula is C24H25N9O2. The first kappa shape index (κ1) is 21.1. The number of nitrogens with zero attached hydrogens (tertiary/aromatic N) is 6. The van der Waals surface area contributed by atoms with Crippen LogP contribution in [-0.4, -0.2) is 35.1 Å². The zero-order valence-corrected chi connectivity index (χ0v) is 19.6. The third kappa shape index (κ3) is 3.65. The predicted molar refractivity (Wildman–Crippen MR) is 132 cm³/mol. The van der Waals surface area contributed by atoms with Crippen LogP contribution in [-0.2, 0) is 5.41 Å². The van der Waals surface area contributed by atoms with Gasteiger partial charge in [0.05, 0.1) is 22.5 Å². The van der Waals surface area contributed by atoms with Crippen LogP contribution in [0.3, 0.4) is 0 Å². The average Bonchev–Trinajstić information content (AvgIpc) is 3.20. The summed E-state index contributed by atoms with van der Waals surface area (Å²) < 4.78 is 9.35. The summed E-state index contributed by atoms with van der Waals surface area (Å²) in [4.78, 5) is 25.9. The topological polar surface area (TPSA) is 141 Å². The highest BCUT2D eigenvalue weighted by Crippen LogP contribution is 2.42. The zero-order chi connectivity index (χ0) is 24.3. The molecule has 0 aromatic carbocycles. The van der Waals surface area contributed by atoms with Crippen molar-refractivity contribution >= 4 is 40.1 Å². The lowest BCUT2D eigenvalue weighted by atomic mass is 9.92. The van der Waals surface area contributed by atoms with E-state index >= 15 is 0 Å². The van der Waals surface area contributed by atoms with Gasteiger partial charge in [-0.2, -0.15) is 0 Å². The van der Waals surface area contributed by atoms with Crippen LogP contribution in [0.5, 0.6) is 0 Å². The second-order valence-electron chi connectivity index (χ2n) is 9.80. The third-order valence-corrected chi connectivity index (χ3v) is 6.17. The molecule has 11 nitrogen and oxygen atoms in total. The Kier molecular flexibility index (Phi) is 4.56. The van der Waals surface area contributed by atoms with Crippen molar-refractivity contribution in [2.24, 2.45) is 0 Å². The van der Waals surface area contributed by atoms with Crippen LogP contribution >= 0.6 is 0 Å². The molecule has 0 unspecified atom stereocenters. The van der Waals surface area contributed by atoms with Gasteiger partial charge in [-0.1, -0.05) is 25.9 Å². The van der Waals surface area contributed by atoms with Crippen molar-refractivity contribution in [2.45, 2.75) is 45.1 Å². The van der Waals surface area contributed by atoms with Gasteiger partial charge in [0, 0.05) is 41.7 Å². The van der Waals surface area contributed by atoms with Crippen LogP contribution in [0.2, 0.25) is 0 Å². The largest absolute Gasteiger partial charge is 0.383 e. The van der Waals surface area contributed by atoms with Crippen LogP contribution in [0.15, 0.2) is 47.6 Å². The monoisotopic (exact) mass is 471 g/mol. The fourth-order valence-electron chi connectivity index (χ4n) is 4.22.